The molecular formula is C25H30N2O4S. The summed E-state index contributed by atoms with van der Waals surface area (Å²) in [5.41, 5.74) is 2.21. The van der Waals surface area contributed by atoms with Crippen molar-refractivity contribution in [3.05, 3.63) is 59.7 Å². The molecule has 32 heavy (non-hydrogen) atoms. The molecule has 5 rings (SSSR count). The van der Waals surface area contributed by atoms with E-state index in [4.69, 9.17) is 4.74 Å². The molecule has 7 heteroatoms. The fourth-order valence-electron chi connectivity index (χ4n) is 5.37. The van der Waals surface area contributed by atoms with E-state index in [-0.39, 0.29) is 5.91 Å². The first-order valence-electron chi connectivity index (χ1n) is 11.6. The smallest absolute Gasteiger partial charge is 0.243 e. The predicted molar refractivity (Wildman–Crippen MR) is 123 cm³/mol. The van der Waals surface area contributed by atoms with Crippen LogP contribution >= 0.6 is 0 Å². The van der Waals surface area contributed by atoms with E-state index < -0.39 is 15.4 Å². The molecule has 0 radical (unpaired) electrons. The summed E-state index contributed by atoms with van der Waals surface area (Å²) < 4.78 is 33.4. The molecule has 2 aromatic rings. The van der Waals surface area contributed by atoms with Gasteiger partial charge in [0.25, 0.3) is 0 Å². The van der Waals surface area contributed by atoms with Gasteiger partial charge in [0.15, 0.2) is 0 Å². The van der Waals surface area contributed by atoms with Crippen molar-refractivity contribution in [2.45, 2.75) is 48.8 Å². The molecule has 3 heterocycles. The molecule has 0 unspecified atom stereocenters. The molecule has 170 valence electrons. The van der Waals surface area contributed by atoms with Gasteiger partial charge < -0.3 is 9.64 Å². The first kappa shape index (κ1) is 21.6. The molecule has 0 aliphatic carbocycles. The van der Waals surface area contributed by atoms with E-state index >= 15 is 0 Å². The highest BCUT2D eigenvalue weighted by molar-refractivity contribution is 7.89. The van der Waals surface area contributed by atoms with E-state index in [1.54, 1.807) is 16.4 Å². The van der Waals surface area contributed by atoms with Gasteiger partial charge in [0.05, 0.1) is 10.3 Å². The summed E-state index contributed by atoms with van der Waals surface area (Å²) in [7, 11) is -3.48. The molecule has 0 atom stereocenters. The third kappa shape index (κ3) is 3.66. The quantitative estimate of drug-likeness (QED) is 0.709. The number of sulfonamides is 1. The minimum absolute atomic E-state index is 0.0948. The number of piperidine rings is 1. The number of amides is 1. The Bertz CT molecular complexity index is 1090. The number of benzene rings is 2. The minimum Gasteiger partial charge on any atom is -0.381 e. The molecule has 0 aromatic heterocycles. The second-order valence-corrected chi connectivity index (χ2v) is 11.0. The van der Waals surface area contributed by atoms with Gasteiger partial charge in [0, 0.05) is 38.5 Å². The maximum Gasteiger partial charge on any atom is 0.243 e. The van der Waals surface area contributed by atoms with Gasteiger partial charge in [-0.15, -0.1) is 0 Å². The van der Waals surface area contributed by atoms with Gasteiger partial charge in [-0.25, -0.2) is 8.42 Å². The fourth-order valence-corrected chi connectivity index (χ4v) is 6.93. The van der Waals surface area contributed by atoms with Crippen molar-refractivity contribution in [3.63, 3.8) is 0 Å². The van der Waals surface area contributed by atoms with E-state index in [9.17, 15) is 13.2 Å². The fraction of sp³-hybridized carbons (Fsp3) is 0.480. The Morgan fingerprint density at radius 3 is 2.34 bits per heavy atom. The van der Waals surface area contributed by atoms with Crippen LogP contribution in [0.1, 0.15) is 43.2 Å². The van der Waals surface area contributed by atoms with Crippen molar-refractivity contribution >= 4 is 21.6 Å². The molecule has 0 spiro atoms. The molecule has 1 amide bonds. The second kappa shape index (κ2) is 8.61. The van der Waals surface area contributed by atoms with Crippen LogP contribution in [0.15, 0.2) is 53.4 Å². The second-order valence-electron chi connectivity index (χ2n) is 9.02. The molecule has 6 nitrogen and oxygen atoms in total. The minimum atomic E-state index is -3.48. The zero-order valence-corrected chi connectivity index (χ0v) is 19.1. The summed E-state index contributed by atoms with van der Waals surface area (Å²) in [5.74, 6) is 0.0948. The summed E-state index contributed by atoms with van der Waals surface area (Å²) in [6.07, 6.45) is 4.90. The molecule has 0 saturated carbocycles. The average molecular weight is 455 g/mol. The zero-order valence-electron chi connectivity index (χ0n) is 18.3. The maximum atomic E-state index is 14.0. The molecule has 0 bridgehead atoms. The first-order chi connectivity index (χ1) is 15.5. The number of hydrogen-bond acceptors (Lipinski definition) is 4. The van der Waals surface area contributed by atoms with Gasteiger partial charge in [-0.1, -0.05) is 36.8 Å². The van der Waals surface area contributed by atoms with Gasteiger partial charge in [-0.2, -0.15) is 4.31 Å². The summed E-state index contributed by atoms with van der Waals surface area (Å²) >= 11 is 0. The van der Waals surface area contributed by atoms with Crippen LogP contribution in [0, 0.1) is 0 Å². The molecule has 3 aliphatic rings. The van der Waals surface area contributed by atoms with Crippen LogP contribution in [0.3, 0.4) is 0 Å². The lowest BCUT2D eigenvalue weighted by Gasteiger charge is -2.39. The van der Waals surface area contributed by atoms with Crippen molar-refractivity contribution in [2.75, 3.05) is 37.7 Å². The Kier molecular flexibility index (Phi) is 5.82. The van der Waals surface area contributed by atoms with Gasteiger partial charge in [0.1, 0.15) is 0 Å². The van der Waals surface area contributed by atoms with Gasteiger partial charge in [-0.05, 0) is 61.4 Å². The van der Waals surface area contributed by atoms with Crippen LogP contribution in [0.2, 0.25) is 0 Å². The third-order valence-corrected chi connectivity index (χ3v) is 9.12. The van der Waals surface area contributed by atoms with Crippen molar-refractivity contribution in [3.8, 4) is 0 Å². The van der Waals surface area contributed by atoms with Crippen LogP contribution in [0.5, 0.6) is 0 Å². The van der Waals surface area contributed by atoms with Crippen molar-refractivity contribution in [1.82, 2.24) is 4.31 Å². The van der Waals surface area contributed by atoms with E-state index in [2.05, 4.69) is 0 Å². The number of fused-ring (bicyclic) bond motifs is 1. The number of hydrogen-bond donors (Lipinski definition) is 0. The van der Waals surface area contributed by atoms with E-state index in [1.165, 1.54) is 0 Å². The number of anilines is 1. The van der Waals surface area contributed by atoms with E-state index in [1.807, 2.05) is 41.3 Å². The highest BCUT2D eigenvalue weighted by Crippen LogP contribution is 2.40. The Balaban J connectivity index is 1.46. The summed E-state index contributed by atoms with van der Waals surface area (Å²) in [4.78, 5) is 16.2. The van der Waals surface area contributed by atoms with Gasteiger partial charge in [-0.3, -0.25) is 4.79 Å². The Morgan fingerprint density at radius 2 is 1.62 bits per heavy atom. The van der Waals surface area contributed by atoms with Crippen LogP contribution < -0.4 is 4.90 Å². The normalized spacial score (nSPS) is 21.3. The van der Waals surface area contributed by atoms with Crippen molar-refractivity contribution < 1.29 is 17.9 Å². The predicted octanol–water partition coefficient (Wildman–Crippen LogP) is 3.50. The summed E-state index contributed by atoms with van der Waals surface area (Å²) in [6.45, 7) is 2.89. The van der Waals surface area contributed by atoms with Gasteiger partial charge >= 0.3 is 0 Å². The SMILES string of the molecule is O=C(N1CCc2cc(S(=O)(=O)N3CCCCC3)ccc21)C1(c2ccccc2)CCOCC1. The Labute approximate surface area is 190 Å². The number of carbonyl (C=O) groups is 1. The van der Waals surface area contributed by atoms with Crippen molar-refractivity contribution in [2.24, 2.45) is 0 Å². The lowest BCUT2D eigenvalue weighted by molar-refractivity contribution is -0.127. The maximum absolute atomic E-state index is 14.0. The highest BCUT2D eigenvalue weighted by atomic mass is 32.2. The van der Waals surface area contributed by atoms with Crippen LogP contribution in [-0.4, -0.2) is 51.5 Å². The van der Waals surface area contributed by atoms with E-state index in [0.29, 0.717) is 57.0 Å². The first-order valence-corrected chi connectivity index (χ1v) is 13.0. The summed E-state index contributed by atoms with van der Waals surface area (Å²) in [6, 6.07) is 15.3. The standard InChI is InChI=1S/C25H30N2O4S/c28-24(25(12-17-31-18-13-25)21-7-3-1-4-8-21)27-16-11-20-19-22(9-10-23(20)27)32(29,30)26-14-5-2-6-15-26/h1,3-4,7-10,19H,2,5-6,11-18H2. The zero-order chi connectivity index (χ0) is 22.2. The van der Waals surface area contributed by atoms with Crippen molar-refractivity contribution in [1.29, 1.82) is 0 Å². The molecule has 0 N–H and O–H groups in total. The van der Waals surface area contributed by atoms with Crippen LogP contribution in [0.4, 0.5) is 5.69 Å². The highest BCUT2D eigenvalue weighted by Gasteiger charge is 2.45. The van der Waals surface area contributed by atoms with Crippen LogP contribution in [0.25, 0.3) is 0 Å². The Hall–Kier alpha value is -2.22. The molecule has 3 aliphatic heterocycles. The van der Waals surface area contributed by atoms with E-state index in [0.717, 1.165) is 36.1 Å². The van der Waals surface area contributed by atoms with Crippen LogP contribution in [-0.2, 0) is 31.4 Å². The topological polar surface area (TPSA) is 66.9 Å². The average Bonchev–Trinajstić information content (AvgIpc) is 3.28. The lowest BCUT2D eigenvalue weighted by Crippen LogP contribution is -2.49. The molecule has 2 aromatic carbocycles. The number of carbonyl (C=O) groups excluding carboxylic acids is 1. The monoisotopic (exact) mass is 454 g/mol. The molecular weight excluding hydrogens is 424 g/mol. The Morgan fingerprint density at radius 1 is 0.906 bits per heavy atom. The molecule has 2 fully saturated rings. The third-order valence-electron chi connectivity index (χ3n) is 7.23. The number of rotatable bonds is 4. The lowest BCUT2D eigenvalue weighted by atomic mass is 9.73. The summed E-state index contributed by atoms with van der Waals surface area (Å²) in [5, 5.41) is 0. The largest absolute Gasteiger partial charge is 0.381 e. The number of ether oxygens (including phenoxy) is 1. The molecule has 2 saturated heterocycles. The van der Waals surface area contributed by atoms with Gasteiger partial charge in [0.2, 0.25) is 15.9 Å². The number of nitrogens with zero attached hydrogens (tertiary/aromatic N) is 2.